The van der Waals surface area contributed by atoms with E-state index < -0.39 is 11.0 Å². The van der Waals surface area contributed by atoms with Gasteiger partial charge in [-0.25, -0.2) is 0 Å². The number of hydrogen-bond donors (Lipinski definition) is 0. The zero-order valence-electron chi connectivity index (χ0n) is 10.8. The predicted octanol–water partition coefficient (Wildman–Crippen LogP) is 2.76. The molecule has 2 aromatic rings. The smallest absolute Gasteiger partial charge is 0.273 e. The van der Waals surface area contributed by atoms with E-state index >= 15 is 0 Å². The van der Waals surface area contributed by atoms with Gasteiger partial charge >= 0.3 is 0 Å². The van der Waals surface area contributed by atoms with E-state index in [0.29, 0.717) is 11.5 Å². The molecule has 0 saturated carbocycles. The van der Waals surface area contributed by atoms with Gasteiger partial charge in [0.15, 0.2) is 12.4 Å². The van der Waals surface area contributed by atoms with Crippen LogP contribution in [-0.4, -0.2) is 16.2 Å². The SMILES string of the molecule is O=CC1OC(=Cc2cc([N+](=O)[O-])ccn2)c2ccccc21. The Morgan fingerprint density at radius 3 is 2.86 bits per heavy atom. The van der Waals surface area contributed by atoms with Crippen LogP contribution in [0.1, 0.15) is 22.9 Å². The molecule has 104 valence electrons. The molecule has 1 unspecified atom stereocenters. The van der Waals surface area contributed by atoms with Gasteiger partial charge in [0.25, 0.3) is 5.69 Å². The number of carbonyl (C=O) groups is 1. The van der Waals surface area contributed by atoms with Gasteiger partial charge in [-0.3, -0.25) is 19.9 Å². The summed E-state index contributed by atoms with van der Waals surface area (Å²) in [7, 11) is 0. The van der Waals surface area contributed by atoms with E-state index in [-0.39, 0.29) is 5.69 Å². The molecule has 0 saturated heterocycles. The van der Waals surface area contributed by atoms with E-state index in [0.717, 1.165) is 17.4 Å². The lowest BCUT2D eigenvalue weighted by Gasteiger charge is -2.03. The number of aromatic nitrogens is 1. The largest absolute Gasteiger partial charge is 0.477 e. The summed E-state index contributed by atoms with van der Waals surface area (Å²) < 4.78 is 5.57. The summed E-state index contributed by atoms with van der Waals surface area (Å²) in [5.41, 5.74) is 1.93. The molecule has 1 aliphatic heterocycles. The van der Waals surface area contributed by atoms with E-state index in [1.807, 2.05) is 24.3 Å². The van der Waals surface area contributed by atoms with Crippen molar-refractivity contribution in [2.24, 2.45) is 0 Å². The molecule has 1 aromatic heterocycles. The molecule has 0 radical (unpaired) electrons. The molecule has 21 heavy (non-hydrogen) atoms. The van der Waals surface area contributed by atoms with E-state index in [4.69, 9.17) is 4.74 Å². The van der Waals surface area contributed by atoms with Crippen molar-refractivity contribution in [1.82, 2.24) is 4.98 Å². The summed E-state index contributed by atoms with van der Waals surface area (Å²) in [5.74, 6) is 0.482. The van der Waals surface area contributed by atoms with E-state index in [9.17, 15) is 14.9 Å². The van der Waals surface area contributed by atoms with Crippen LogP contribution >= 0.6 is 0 Å². The predicted molar refractivity (Wildman–Crippen MR) is 75.1 cm³/mol. The molecule has 0 bridgehead atoms. The lowest BCUT2D eigenvalue weighted by Crippen LogP contribution is -1.95. The Morgan fingerprint density at radius 1 is 1.29 bits per heavy atom. The standard InChI is InChI=1S/C15H10N2O4/c18-9-15-13-4-2-1-3-12(13)14(21-15)8-10-7-11(17(19)20)5-6-16-10/h1-9,15H. The van der Waals surface area contributed by atoms with Crippen molar-refractivity contribution in [2.75, 3.05) is 0 Å². The van der Waals surface area contributed by atoms with Gasteiger partial charge in [0.1, 0.15) is 5.76 Å². The summed E-state index contributed by atoms with van der Waals surface area (Å²) in [6.07, 6.45) is 3.03. The third kappa shape index (κ3) is 2.38. The second-order valence-electron chi connectivity index (χ2n) is 4.47. The molecule has 1 aromatic carbocycles. The summed E-state index contributed by atoms with van der Waals surface area (Å²) in [6.45, 7) is 0. The van der Waals surface area contributed by atoms with Crippen molar-refractivity contribution < 1.29 is 14.5 Å². The van der Waals surface area contributed by atoms with Crippen molar-refractivity contribution in [1.29, 1.82) is 0 Å². The third-order valence-corrected chi connectivity index (χ3v) is 3.16. The minimum Gasteiger partial charge on any atom is -0.477 e. The zero-order valence-corrected chi connectivity index (χ0v) is 10.8. The second kappa shape index (κ2) is 5.16. The number of nitrogens with zero attached hydrogens (tertiary/aromatic N) is 2. The lowest BCUT2D eigenvalue weighted by molar-refractivity contribution is -0.384. The van der Waals surface area contributed by atoms with Gasteiger partial charge in [-0.1, -0.05) is 24.3 Å². The van der Waals surface area contributed by atoms with Crippen LogP contribution in [0.3, 0.4) is 0 Å². The van der Waals surface area contributed by atoms with Gasteiger partial charge in [0.05, 0.1) is 10.6 Å². The van der Waals surface area contributed by atoms with Crippen molar-refractivity contribution >= 4 is 23.8 Å². The maximum Gasteiger partial charge on any atom is 0.273 e. The van der Waals surface area contributed by atoms with Crippen molar-refractivity contribution in [3.63, 3.8) is 0 Å². The Bertz CT molecular complexity index is 755. The first kappa shape index (κ1) is 13.0. The van der Waals surface area contributed by atoms with Crippen LogP contribution in [0.15, 0.2) is 42.6 Å². The Hall–Kier alpha value is -3.02. The van der Waals surface area contributed by atoms with Gasteiger partial charge in [0, 0.05) is 35.5 Å². The highest BCUT2D eigenvalue weighted by Gasteiger charge is 2.27. The summed E-state index contributed by atoms with van der Waals surface area (Å²) in [4.78, 5) is 25.4. The van der Waals surface area contributed by atoms with Gasteiger partial charge in [-0.05, 0) is 0 Å². The maximum absolute atomic E-state index is 11.1. The van der Waals surface area contributed by atoms with Crippen LogP contribution in [-0.2, 0) is 9.53 Å². The van der Waals surface area contributed by atoms with Crippen molar-refractivity contribution in [2.45, 2.75) is 6.10 Å². The average molecular weight is 282 g/mol. The Morgan fingerprint density at radius 2 is 2.10 bits per heavy atom. The van der Waals surface area contributed by atoms with Crippen molar-refractivity contribution in [3.8, 4) is 0 Å². The minimum absolute atomic E-state index is 0.0462. The minimum atomic E-state index is -0.647. The van der Waals surface area contributed by atoms with Crippen molar-refractivity contribution in [3.05, 3.63) is 69.5 Å². The quantitative estimate of drug-likeness (QED) is 0.491. The first-order chi connectivity index (χ1) is 10.2. The highest BCUT2D eigenvalue weighted by molar-refractivity contribution is 5.84. The molecule has 1 atom stereocenters. The molecule has 0 spiro atoms. The first-order valence-corrected chi connectivity index (χ1v) is 6.22. The number of carbonyl (C=O) groups excluding carboxylic acids is 1. The van der Waals surface area contributed by atoms with Gasteiger partial charge in [-0.15, -0.1) is 0 Å². The fraction of sp³-hybridized carbons (Fsp3) is 0.0667. The molecule has 6 nitrogen and oxygen atoms in total. The topological polar surface area (TPSA) is 82.3 Å². The maximum atomic E-state index is 11.1. The van der Waals surface area contributed by atoms with Crippen LogP contribution < -0.4 is 0 Å². The Kier molecular flexibility index (Phi) is 3.19. The number of pyridine rings is 1. The highest BCUT2D eigenvalue weighted by atomic mass is 16.6. The molecular weight excluding hydrogens is 272 g/mol. The second-order valence-corrected chi connectivity index (χ2v) is 4.47. The summed E-state index contributed by atoms with van der Waals surface area (Å²) in [5, 5.41) is 10.8. The molecule has 2 heterocycles. The third-order valence-electron chi connectivity index (χ3n) is 3.16. The normalized spacial score (nSPS) is 18.1. The number of ether oxygens (including phenoxy) is 1. The summed E-state index contributed by atoms with van der Waals surface area (Å²) in [6, 6.07) is 9.99. The Balaban J connectivity index is 2.03. The molecule has 6 heteroatoms. The Labute approximate surface area is 119 Å². The fourth-order valence-electron chi connectivity index (χ4n) is 2.21. The summed E-state index contributed by atoms with van der Waals surface area (Å²) >= 11 is 0. The first-order valence-electron chi connectivity index (χ1n) is 6.22. The number of benzene rings is 1. The molecular formula is C15H10N2O4. The number of hydrogen-bond acceptors (Lipinski definition) is 5. The number of aldehydes is 1. The van der Waals surface area contributed by atoms with Crippen LogP contribution in [0.5, 0.6) is 0 Å². The van der Waals surface area contributed by atoms with E-state index in [1.165, 1.54) is 18.3 Å². The van der Waals surface area contributed by atoms with Crippen LogP contribution in [0.25, 0.3) is 11.8 Å². The molecule has 1 aliphatic rings. The lowest BCUT2D eigenvalue weighted by atomic mass is 10.0. The monoisotopic (exact) mass is 282 g/mol. The number of rotatable bonds is 3. The van der Waals surface area contributed by atoms with Crippen LogP contribution in [0.2, 0.25) is 0 Å². The van der Waals surface area contributed by atoms with Gasteiger partial charge in [0.2, 0.25) is 0 Å². The number of nitro groups is 1. The highest BCUT2D eigenvalue weighted by Crippen LogP contribution is 2.38. The molecule has 0 N–H and O–H groups in total. The molecule has 3 rings (SSSR count). The van der Waals surface area contributed by atoms with Gasteiger partial charge < -0.3 is 4.74 Å². The van der Waals surface area contributed by atoms with E-state index in [1.54, 1.807) is 6.08 Å². The van der Waals surface area contributed by atoms with Crippen LogP contribution in [0.4, 0.5) is 5.69 Å². The number of fused-ring (bicyclic) bond motifs is 1. The average Bonchev–Trinajstić information content (AvgIpc) is 2.86. The molecule has 0 aliphatic carbocycles. The molecule has 0 fully saturated rings. The fourth-order valence-corrected chi connectivity index (χ4v) is 2.21. The van der Waals surface area contributed by atoms with E-state index in [2.05, 4.69) is 4.98 Å². The van der Waals surface area contributed by atoms with Crippen LogP contribution in [0, 0.1) is 10.1 Å². The molecule has 0 amide bonds. The zero-order chi connectivity index (χ0) is 14.8. The van der Waals surface area contributed by atoms with Gasteiger partial charge in [-0.2, -0.15) is 0 Å².